The van der Waals surface area contributed by atoms with E-state index in [1.807, 2.05) is 0 Å². The maximum Gasteiger partial charge on any atom is 0.0594 e. The van der Waals surface area contributed by atoms with Crippen molar-refractivity contribution in [3.8, 4) is 0 Å². The predicted octanol–water partition coefficient (Wildman–Crippen LogP) is 1.73. The molecular weight excluding hydrogens is 200 g/mol. The third kappa shape index (κ3) is 4.81. The minimum Gasteiger partial charge on any atom is -0.379 e. The van der Waals surface area contributed by atoms with E-state index in [0.29, 0.717) is 12.0 Å². The molecule has 1 heterocycles. The molecular formula is C13H28N2O. The van der Waals surface area contributed by atoms with Crippen molar-refractivity contribution >= 4 is 0 Å². The lowest BCUT2D eigenvalue weighted by Gasteiger charge is -2.38. The predicted molar refractivity (Wildman–Crippen MR) is 68.8 cm³/mol. The average molecular weight is 228 g/mol. The molecule has 3 nitrogen and oxygen atoms in total. The molecule has 1 atom stereocenters. The SMILES string of the molecule is CC(C)C(CNC(C)(C)C)N1CCOCC1. The molecule has 0 aromatic heterocycles. The minimum absolute atomic E-state index is 0.208. The second-order valence-corrected chi connectivity index (χ2v) is 6.09. The van der Waals surface area contributed by atoms with Crippen molar-refractivity contribution in [1.82, 2.24) is 10.2 Å². The summed E-state index contributed by atoms with van der Waals surface area (Å²) in [4.78, 5) is 2.56. The standard InChI is InChI=1S/C13H28N2O/c1-11(2)12(10-14-13(3,4)5)15-6-8-16-9-7-15/h11-12,14H,6-10H2,1-5H3. The summed E-state index contributed by atoms with van der Waals surface area (Å²) in [6, 6.07) is 0.628. The van der Waals surface area contributed by atoms with E-state index in [0.717, 1.165) is 32.8 Å². The summed E-state index contributed by atoms with van der Waals surface area (Å²) in [5.74, 6) is 0.688. The maximum absolute atomic E-state index is 5.41. The van der Waals surface area contributed by atoms with Gasteiger partial charge in [0.15, 0.2) is 0 Å². The Bertz CT molecular complexity index is 193. The van der Waals surface area contributed by atoms with Crippen LogP contribution in [0.4, 0.5) is 0 Å². The van der Waals surface area contributed by atoms with Crippen LogP contribution in [-0.4, -0.2) is 49.3 Å². The molecule has 1 unspecified atom stereocenters. The van der Waals surface area contributed by atoms with Gasteiger partial charge in [0.25, 0.3) is 0 Å². The molecule has 0 amide bonds. The van der Waals surface area contributed by atoms with E-state index in [9.17, 15) is 0 Å². The second-order valence-electron chi connectivity index (χ2n) is 6.09. The van der Waals surface area contributed by atoms with Crippen LogP contribution in [0.2, 0.25) is 0 Å². The van der Waals surface area contributed by atoms with Gasteiger partial charge in [-0.2, -0.15) is 0 Å². The molecule has 1 fully saturated rings. The van der Waals surface area contributed by atoms with Gasteiger partial charge in [-0.15, -0.1) is 0 Å². The van der Waals surface area contributed by atoms with Crippen molar-refractivity contribution < 1.29 is 4.74 Å². The lowest BCUT2D eigenvalue weighted by atomic mass is 10.00. The van der Waals surface area contributed by atoms with Gasteiger partial charge >= 0.3 is 0 Å². The van der Waals surface area contributed by atoms with E-state index in [4.69, 9.17) is 4.74 Å². The molecule has 1 saturated heterocycles. The van der Waals surface area contributed by atoms with Crippen LogP contribution in [-0.2, 0) is 4.74 Å². The van der Waals surface area contributed by atoms with E-state index in [1.54, 1.807) is 0 Å². The van der Waals surface area contributed by atoms with E-state index >= 15 is 0 Å². The lowest BCUT2D eigenvalue weighted by Crippen LogP contribution is -2.53. The van der Waals surface area contributed by atoms with Crippen LogP contribution >= 0.6 is 0 Å². The Hall–Kier alpha value is -0.120. The molecule has 3 heteroatoms. The topological polar surface area (TPSA) is 24.5 Å². The fourth-order valence-corrected chi connectivity index (χ4v) is 2.11. The highest BCUT2D eigenvalue weighted by molar-refractivity contribution is 4.82. The molecule has 0 saturated carbocycles. The molecule has 1 aliphatic rings. The normalized spacial score (nSPS) is 21.4. The third-order valence-electron chi connectivity index (χ3n) is 3.13. The largest absolute Gasteiger partial charge is 0.379 e. The highest BCUT2D eigenvalue weighted by Gasteiger charge is 2.24. The van der Waals surface area contributed by atoms with Gasteiger partial charge in [-0.05, 0) is 26.7 Å². The summed E-state index contributed by atoms with van der Waals surface area (Å²) in [5.41, 5.74) is 0.208. The monoisotopic (exact) mass is 228 g/mol. The summed E-state index contributed by atoms with van der Waals surface area (Å²) in [6.07, 6.45) is 0. The number of morpholine rings is 1. The van der Waals surface area contributed by atoms with Crippen LogP contribution < -0.4 is 5.32 Å². The van der Waals surface area contributed by atoms with Gasteiger partial charge in [0.1, 0.15) is 0 Å². The fraction of sp³-hybridized carbons (Fsp3) is 1.00. The van der Waals surface area contributed by atoms with Gasteiger partial charge in [0.05, 0.1) is 13.2 Å². The smallest absolute Gasteiger partial charge is 0.0594 e. The molecule has 0 aliphatic carbocycles. The summed E-state index contributed by atoms with van der Waals surface area (Å²) in [7, 11) is 0. The van der Waals surface area contributed by atoms with Crippen LogP contribution in [0, 0.1) is 5.92 Å². The summed E-state index contributed by atoms with van der Waals surface area (Å²) >= 11 is 0. The first-order chi connectivity index (χ1) is 7.40. The molecule has 0 radical (unpaired) electrons. The van der Waals surface area contributed by atoms with E-state index in [2.05, 4.69) is 44.8 Å². The summed E-state index contributed by atoms with van der Waals surface area (Å²) in [6.45, 7) is 16.3. The number of rotatable bonds is 4. The molecule has 1 N–H and O–H groups in total. The Balaban J connectivity index is 2.46. The van der Waals surface area contributed by atoms with Crippen molar-refractivity contribution in [2.24, 2.45) is 5.92 Å². The molecule has 0 spiro atoms. The first-order valence-electron chi connectivity index (χ1n) is 6.47. The van der Waals surface area contributed by atoms with Gasteiger partial charge in [-0.25, -0.2) is 0 Å². The molecule has 16 heavy (non-hydrogen) atoms. The third-order valence-corrected chi connectivity index (χ3v) is 3.13. The van der Waals surface area contributed by atoms with E-state index < -0.39 is 0 Å². The van der Waals surface area contributed by atoms with Gasteiger partial charge < -0.3 is 10.1 Å². The van der Waals surface area contributed by atoms with Gasteiger partial charge in [0, 0.05) is 31.2 Å². The van der Waals surface area contributed by atoms with Crippen molar-refractivity contribution in [1.29, 1.82) is 0 Å². The van der Waals surface area contributed by atoms with Crippen LogP contribution in [0.25, 0.3) is 0 Å². The highest BCUT2D eigenvalue weighted by Crippen LogP contribution is 2.13. The van der Waals surface area contributed by atoms with Crippen molar-refractivity contribution in [2.45, 2.75) is 46.2 Å². The average Bonchev–Trinajstić information content (AvgIpc) is 2.17. The Morgan fingerprint density at radius 2 is 1.75 bits per heavy atom. The first kappa shape index (κ1) is 13.9. The number of hydrogen-bond donors (Lipinski definition) is 1. The number of hydrogen-bond acceptors (Lipinski definition) is 3. The number of nitrogens with one attached hydrogen (secondary N) is 1. The second kappa shape index (κ2) is 5.99. The minimum atomic E-state index is 0.208. The van der Waals surface area contributed by atoms with Crippen molar-refractivity contribution in [3.63, 3.8) is 0 Å². The van der Waals surface area contributed by atoms with Crippen LogP contribution in [0.5, 0.6) is 0 Å². The Morgan fingerprint density at radius 3 is 2.19 bits per heavy atom. The highest BCUT2D eigenvalue weighted by atomic mass is 16.5. The maximum atomic E-state index is 5.41. The quantitative estimate of drug-likeness (QED) is 0.793. The van der Waals surface area contributed by atoms with Crippen LogP contribution in [0.1, 0.15) is 34.6 Å². The molecule has 96 valence electrons. The fourth-order valence-electron chi connectivity index (χ4n) is 2.11. The van der Waals surface area contributed by atoms with Crippen LogP contribution in [0.15, 0.2) is 0 Å². The molecule has 1 aliphatic heterocycles. The van der Waals surface area contributed by atoms with Gasteiger partial charge in [0.2, 0.25) is 0 Å². The Labute approximate surface area is 101 Å². The van der Waals surface area contributed by atoms with Gasteiger partial charge in [-0.3, -0.25) is 4.90 Å². The zero-order valence-electron chi connectivity index (χ0n) is 11.5. The Morgan fingerprint density at radius 1 is 1.19 bits per heavy atom. The zero-order chi connectivity index (χ0) is 12.2. The van der Waals surface area contributed by atoms with E-state index in [-0.39, 0.29) is 5.54 Å². The van der Waals surface area contributed by atoms with E-state index in [1.165, 1.54) is 0 Å². The van der Waals surface area contributed by atoms with Crippen molar-refractivity contribution in [3.05, 3.63) is 0 Å². The Kier molecular flexibility index (Phi) is 5.22. The first-order valence-corrected chi connectivity index (χ1v) is 6.47. The number of ether oxygens (including phenoxy) is 1. The van der Waals surface area contributed by atoms with Crippen molar-refractivity contribution in [2.75, 3.05) is 32.8 Å². The molecule has 1 rings (SSSR count). The number of nitrogens with zero attached hydrogens (tertiary/aromatic N) is 1. The molecule has 0 aromatic rings. The summed E-state index contributed by atoms with van der Waals surface area (Å²) in [5, 5.41) is 3.62. The molecule has 0 aromatic carbocycles. The molecule has 0 bridgehead atoms. The van der Waals surface area contributed by atoms with Gasteiger partial charge in [-0.1, -0.05) is 13.8 Å². The summed E-state index contributed by atoms with van der Waals surface area (Å²) < 4.78 is 5.41. The lowest BCUT2D eigenvalue weighted by molar-refractivity contribution is 0.00527. The van der Waals surface area contributed by atoms with Crippen LogP contribution in [0.3, 0.4) is 0 Å². The zero-order valence-corrected chi connectivity index (χ0v) is 11.5.